The SMILES string of the molecule is CN(C)C1CCN(CC(N)Cc2ccccc2)CC1. The largest absolute Gasteiger partial charge is 0.326 e. The molecule has 1 fully saturated rings. The fraction of sp³-hybridized carbons (Fsp3) is 0.625. The van der Waals surface area contributed by atoms with Crippen molar-refractivity contribution < 1.29 is 0 Å². The van der Waals surface area contributed by atoms with E-state index in [0.717, 1.165) is 19.0 Å². The second-order valence-electron chi connectivity index (χ2n) is 5.95. The van der Waals surface area contributed by atoms with Gasteiger partial charge in [0.25, 0.3) is 0 Å². The molecule has 0 bridgehead atoms. The highest BCUT2D eigenvalue weighted by Gasteiger charge is 2.21. The van der Waals surface area contributed by atoms with E-state index in [1.165, 1.54) is 31.5 Å². The third kappa shape index (κ3) is 4.60. The van der Waals surface area contributed by atoms with E-state index < -0.39 is 0 Å². The minimum absolute atomic E-state index is 0.248. The quantitative estimate of drug-likeness (QED) is 0.873. The second kappa shape index (κ2) is 7.04. The van der Waals surface area contributed by atoms with E-state index in [0.29, 0.717) is 0 Å². The van der Waals surface area contributed by atoms with E-state index in [9.17, 15) is 0 Å². The number of rotatable bonds is 5. The fourth-order valence-corrected chi connectivity index (χ4v) is 2.93. The maximum absolute atomic E-state index is 6.28. The van der Waals surface area contributed by atoms with Crippen LogP contribution in [0.2, 0.25) is 0 Å². The van der Waals surface area contributed by atoms with Crippen LogP contribution in [0, 0.1) is 0 Å². The molecule has 1 unspecified atom stereocenters. The van der Waals surface area contributed by atoms with Gasteiger partial charge in [-0.3, -0.25) is 0 Å². The van der Waals surface area contributed by atoms with Crippen LogP contribution in [0.5, 0.6) is 0 Å². The third-order valence-corrected chi connectivity index (χ3v) is 4.12. The first-order valence-corrected chi connectivity index (χ1v) is 7.33. The maximum atomic E-state index is 6.28. The van der Waals surface area contributed by atoms with Gasteiger partial charge in [0.05, 0.1) is 0 Å². The number of piperidine rings is 1. The molecule has 19 heavy (non-hydrogen) atoms. The Bertz CT molecular complexity index is 356. The summed E-state index contributed by atoms with van der Waals surface area (Å²) in [7, 11) is 4.36. The third-order valence-electron chi connectivity index (χ3n) is 4.12. The van der Waals surface area contributed by atoms with Crippen molar-refractivity contribution in [2.24, 2.45) is 5.73 Å². The Morgan fingerprint density at radius 2 is 1.84 bits per heavy atom. The van der Waals surface area contributed by atoms with Crippen molar-refractivity contribution in [2.75, 3.05) is 33.7 Å². The molecule has 0 saturated carbocycles. The van der Waals surface area contributed by atoms with Crippen LogP contribution in [0.4, 0.5) is 0 Å². The van der Waals surface area contributed by atoms with E-state index in [-0.39, 0.29) is 6.04 Å². The van der Waals surface area contributed by atoms with Gasteiger partial charge in [0.1, 0.15) is 0 Å². The maximum Gasteiger partial charge on any atom is 0.0208 e. The average molecular weight is 261 g/mol. The normalized spacial score (nSPS) is 19.8. The summed E-state index contributed by atoms with van der Waals surface area (Å²) < 4.78 is 0. The number of nitrogens with two attached hydrogens (primary N) is 1. The zero-order valence-corrected chi connectivity index (χ0v) is 12.3. The van der Waals surface area contributed by atoms with Gasteiger partial charge in [-0.1, -0.05) is 30.3 Å². The van der Waals surface area contributed by atoms with Crippen molar-refractivity contribution in [1.82, 2.24) is 9.80 Å². The molecule has 3 nitrogen and oxygen atoms in total. The van der Waals surface area contributed by atoms with Crippen LogP contribution >= 0.6 is 0 Å². The molecule has 0 aliphatic carbocycles. The van der Waals surface area contributed by atoms with Crippen molar-refractivity contribution in [3.8, 4) is 0 Å². The van der Waals surface area contributed by atoms with Gasteiger partial charge in [0.15, 0.2) is 0 Å². The molecule has 0 amide bonds. The number of nitrogens with zero attached hydrogens (tertiary/aromatic N) is 2. The van der Waals surface area contributed by atoms with Gasteiger partial charge < -0.3 is 15.5 Å². The zero-order chi connectivity index (χ0) is 13.7. The highest BCUT2D eigenvalue weighted by atomic mass is 15.2. The molecule has 1 aliphatic rings. The van der Waals surface area contributed by atoms with E-state index in [4.69, 9.17) is 5.73 Å². The van der Waals surface area contributed by atoms with Gasteiger partial charge in [0.2, 0.25) is 0 Å². The minimum Gasteiger partial charge on any atom is -0.326 e. The van der Waals surface area contributed by atoms with Crippen LogP contribution in [0.15, 0.2) is 30.3 Å². The Morgan fingerprint density at radius 1 is 1.21 bits per heavy atom. The van der Waals surface area contributed by atoms with Crippen LogP contribution in [0.1, 0.15) is 18.4 Å². The molecule has 1 aliphatic heterocycles. The fourth-order valence-electron chi connectivity index (χ4n) is 2.93. The van der Waals surface area contributed by atoms with Gasteiger partial charge in [-0.15, -0.1) is 0 Å². The lowest BCUT2D eigenvalue weighted by molar-refractivity contribution is 0.139. The summed E-state index contributed by atoms with van der Waals surface area (Å²) in [5.41, 5.74) is 7.62. The van der Waals surface area contributed by atoms with E-state index >= 15 is 0 Å². The summed E-state index contributed by atoms with van der Waals surface area (Å²) in [5.74, 6) is 0. The summed E-state index contributed by atoms with van der Waals surface area (Å²) in [6, 6.07) is 11.6. The minimum atomic E-state index is 0.248. The van der Waals surface area contributed by atoms with E-state index in [1.807, 2.05) is 0 Å². The molecule has 1 saturated heterocycles. The molecule has 0 aromatic heterocycles. The number of hydrogen-bond acceptors (Lipinski definition) is 3. The first-order chi connectivity index (χ1) is 9.15. The molecular weight excluding hydrogens is 234 g/mol. The molecule has 1 aromatic rings. The standard InChI is InChI=1S/C16H27N3/c1-18(2)16-8-10-19(11-9-16)13-15(17)12-14-6-4-3-5-7-14/h3-7,15-16H,8-13,17H2,1-2H3. The van der Waals surface area contributed by atoms with Crippen molar-refractivity contribution >= 4 is 0 Å². The summed E-state index contributed by atoms with van der Waals surface area (Å²) in [6.45, 7) is 3.39. The summed E-state index contributed by atoms with van der Waals surface area (Å²) in [4.78, 5) is 4.87. The Balaban J connectivity index is 1.73. The summed E-state index contributed by atoms with van der Waals surface area (Å²) in [5, 5.41) is 0. The van der Waals surface area contributed by atoms with Crippen molar-refractivity contribution in [1.29, 1.82) is 0 Å². The lowest BCUT2D eigenvalue weighted by atomic mass is 10.0. The number of benzene rings is 1. The Labute approximate surface area is 117 Å². The molecule has 0 spiro atoms. The van der Waals surface area contributed by atoms with Crippen LogP contribution in [-0.2, 0) is 6.42 Å². The molecule has 2 rings (SSSR count). The smallest absolute Gasteiger partial charge is 0.0208 e. The summed E-state index contributed by atoms with van der Waals surface area (Å²) >= 11 is 0. The molecule has 1 atom stereocenters. The average Bonchev–Trinajstić information content (AvgIpc) is 2.40. The van der Waals surface area contributed by atoms with Gasteiger partial charge in [0, 0.05) is 18.6 Å². The number of hydrogen-bond donors (Lipinski definition) is 1. The highest BCUT2D eigenvalue weighted by molar-refractivity contribution is 5.15. The molecule has 106 valence electrons. The predicted molar refractivity (Wildman–Crippen MR) is 81.3 cm³/mol. The molecule has 0 radical (unpaired) electrons. The first kappa shape index (κ1) is 14.5. The molecule has 1 heterocycles. The van der Waals surface area contributed by atoms with Crippen molar-refractivity contribution in [3.05, 3.63) is 35.9 Å². The second-order valence-corrected chi connectivity index (χ2v) is 5.95. The van der Waals surface area contributed by atoms with Gasteiger partial charge in [-0.25, -0.2) is 0 Å². The molecule has 2 N–H and O–H groups in total. The van der Waals surface area contributed by atoms with Gasteiger partial charge in [-0.2, -0.15) is 0 Å². The number of likely N-dealkylation sites (tertiary alicyclic amines) is 1. The van der Waals surface area contributed by atoms with Crippen LogP contribution in [0.3, 0.4) is 0 Å². The zero-order valence-electron chi connectivity index (χ0n) is 12.3. The van der Waals surface area contributed by atoms with Gasteiger partial charge in [-0.05, 0) is 52.0 Å². The van der Waals surface area contributed by atoms with Crippen LogP contribution in [-0.4, -0.2) is 55.6 Å². The van der Waals surface area contributed by atoms with E-state index in [2.05, 4.69) is 54.2 Å². The van der Waals surface area contributed by atoms with Crippen molar-refractivity contribution in [3.63, 3.8) is 0 Å². The molecular formula is C16H27N3. The van der Waals surface area contributed by atoms with Crippen LogP contribution in [0.25, 0.3) is 0 Å². The monoisotopic (exact) mass is 261 g/mol. The Kier molecular flexibility index (Phi) is 5.37. The molecule has 3 heteroatoms. The highest BCUT2D eigenvalue weighted by Crippen LogP contribution is 2.14. The van der Waals surface area contributed by atoms with Crippen LogP contribution < -0.4 is 5.73 Å². The van der Waals surface area contributed by atoms with Gasteiger partial charge >= 0.3 is 0 Å². The lowest BCUT2D eigenvalue weighted by Crippen LogP contribution is -2.46. The van der Waals surface area contributed by atoms with E-state index in [1.54, 1.807) is 0 Å². The Hall–Kier alpha value is -0.900. The van der Waals surface area contributed by atoms with Crippen molar-refractivity contribution in [2.45, 2.75) is 31.3 Å². The lowest BCUT2D eigenvalue weighted by Gasteiger charge is -2.36. The summed E-state index contributed by atoms with van der Waals surface area (Å²) in [6.07, 6.45) is 3.52. The topological polar surface area (TPSA) is 32.5 Å². The Morgan fingerprint density at radius 3 is 2.42 bits per heavy atom. The predicted octanol–water partition coefficient (Wildman–Crippen LogP) is 1.58. The molecule has 1 aromatic carbocycles. The first-order valence-electron chi connectivity index (χ1n) is 7.33.